The summed E-state index contributed by atoms with van der Waals surface area (Å²) in [7, 11) is 0. The zero-order valence-corrected chi connectivity index (χ0v) is 14.0. The summed E-state index contributed by atoms with van der Waals surface area (Å²) in [4.78, 5) is 1.78. The van der Waals surface area contributed by atoms with Crippen molar-refractivity contribution in [3.05, 3.63) is 40.3 Å². The SMILES string of the molecule is CCCc1c(-c2ccc(C(C)(C)C)cc2)sc(C#N)c1N. The molecule has 2 rings (SSSR count). The van der Waals surface area contributed by atoms with Crippen LogP contribution < -0.4 is 5.73 Å². The van der Waals surface area contributed by atoms with Crippen molar-refractivity contribution in [1.82, 2.24) is 0 Å². The minimum atomic E-state index is 0.150. The lowest BCUT2D eigenvalue weighted by Crippen LogP contribution is -2.10. The van der Waals surface area contributed by atoms with E-state index in [4.69, 9.17) is 5.73 Å². The molecule has 1 heterocycles. The lowest BCUT2D eigenvalue weighted by Gasteiger charge is -2.19. The molecule has 0 amide bonds. The third kappa shape index (κ3) is 3.11. The van der Waals surface area contributed by atoms with Gasteiger partial charge in [-0.3, -0.25) is 0 Å². The molecule has 3 heteroatoms. The highest BCUT2D eigenvalue weighted by molar-refractivity contribution is 7.16. The van der Waals surface area contributed by atoms with Crippen LogP contribution >= 0.6 is 11.3 Å². The van der Waals surface area contributed by atoms with E-state index in [0.717, 1.165) is 28.8 Å². The minimum Gasteiger partial charge on any atom is -0.397 e. The molecule has 0 bridgehead atoms. The first kappa shape index (κ1) is 15.6. The molecule has 21 heavy (non-hydrogen) atoms. The number of hydrogen-bond acceptors (Lipinski definition) is 3. The van der Waals surface area contributed by atoms with Crippen LogP contribution in [0.25, 0.3) is 10.4 Å². The van der Waals surface area contributed by atoms with Gasteiger partial charge in [0.2, 0.25) is 0 Å². The summed E-state index contributed by atoms with van der Waals surface area (Å²) in [5, 5.41) is 9.20. The Kier molecular flexibility index (Phi) is 4.39. The van der Waals surface area contributed by atoms with Crippen LogP contribution in [0.1, 0.15) is 50.1 Å². The van der Waals surface area contributed by atoms with Crippen LogP contribution in [-0.2, 0) is 11.8 Å². The summed E-state index contributed by atoms with van der Waals surface area (Å²) in [5.74, 6) is 0. The van der Waals surface area contributed by atoms with E-state index >= 15 is 0 Å². The van der Waals surface area contributed by atoms with Gasteiger partial charge < -0.3 is 5.73 Å². The molecule has 1 aromatic carbocycles. The second kappa shape index (κ2) is 5.91. The van der Waals surface area contributed by atoms with Gasteiger partial charge in [-0.1, -0.05) is 58.4 Å². The highest BCUT2D eigenvalue weighted by Crippen LogP contribution is 2.39. The quantitative estimate of drug-likeness (QED) is 0.855. The van der Waals surface area contributed by atoms with E-state index in [1.54, 1.807) is 0 Å². The van der Waals surface area contributed by atoms with E-state index in [1.807, 2.05) is 0 Å². The monoisotopic (exact) mass is 298 g/mol. The second-order valence-electron chi connectivity index (χ2n) is 6.34. The molecule has 0 aliphatic rings. The van der Waals surface area contributed by atoms with Gasteiger partial charge in [-0.15, -0.1) is 11.3 Å². The fourth-order valence-electron chi connectivity index (χ4n) is 2.41. The minimum absolute atomic E-state index is 0.150. The Balaban J connectivity index is 2.49. The van der Waals surface area contributed by atoms with Crippen molar-refractivity contribution >= 4 is 17.0 Å². The predicted molar refractivity (Wildman–Crippen MR) is 91.6 cm³/mol. The number of nitrogens with zero attached hydrogens (tertiary/aromatic N) is 1. The van der Waals surface area contributed by atoms with Gasteiger partial charge in [0.05, 0.1) is 5.69 Å². The summed E-state index contributed by atoms with van der Waals surface area (Å²) in [5.41, 5.74) is 10.5. The molecule has 0 unspecified atom stereocenters. The Morgan fingerprint density at radius 3 is 2.29 bits per heavy atom. The van der Waals surface area contributed by atoms with E-state index in [0.29, 0.717) is 10.6 Å². The third-order valence-corrected chi connectivity index (χ3v) is 4.86. The fourth-order valence-corrected chi connectivity index (χ4v) is 3.49. The van der Waals surface area contributed by atoms with Crippen LogP contribution in [0.3, 0.4) is 0 Å². The molecule has 0 saturated heterocycles. The highest BCUT2D eigenvalue weighted by atomic mass is 32.1. The molecule has 0 saturated carbocycles. The number of benzene rings is 1. The molecule has 2 aromatic rings. The van der Waals surface area contributed by atoms with Gasteiger partial charge >= 0.3 is 0 Å². The number of hydrogen-bond donors (Lipinski definition) is 1. The van der Waals surface area contributed by atoms with Crippen LogP contribution in [-0.4, -0.2) is 0 Å². The number of thiophene rings is 1. The topological polar surface area (TPSA) is 49.8 Å². The van der Waals surface area contributed by atoms with Crippen molar-refractivity contribution < 1.29 is 0 Å². The smallest absolute Gasteiger partial charge is 0.128 e. The maximum atomic E-state index is 9.20. The summed E-state index contributed by atoms with van der Waals surface area (Å²) in [6.45, 7) is 8.76. The maximum Gasteiger partial charge on any atom is 0.128 e. The zero-order valence-electron chi connectivity index (χ0n) is 13.2. The van der Waals surface area contributed by atoms with Crippen molar-refractivity contribution in [2.75, 3.05) is 5.73 Å². The summed E-state index contributed by atoms with van der Waals surface area (Å²) in [6, 6.07) is 10.9. The normalized spacial score (nSPS) is 11.4. The number of nitriles is 1. The number of anilines is 1. The molecular formula is C18H22N2S. The van der Waals surface area contributed by atoms with Crippen LogP contribution in [0, 0.1) is 11.3 Å². The molecule has 0 radical (unpaired) electrons. The first-order valence-electron chi connectivity index (χ1n) is 7.30. The lowest BCUT2D eigenvalue weighted by molar-refractivity contribution is 0.590. The Morgan fingerprint density at radius 2 is 1.81 bits per heavy atom. The van der Waals surface area contributed by atoms with Gasteiger partial charge in [-0.25, -0.2) is 0 Å². The van der Waals surface area contributed by atoms with Crippen LogP contribution in [0.2, 0.25) is 0 Å². The number of nitrogens with two attached hydrogens (primary N) is 1. The zero-order chi connectivity index (χ0) is 15.6. The number of rotatable bonds is 3. The number of nitrogen functional groups attached to an aromatic ring is 1. The highest BCUT2D eigenvalue weighted by Gasteiger charge is 2.18. The van der Waals surface area contributed by atoms with Crippen molar-refractivity contribution in [1.29, 1.82) is 5.26 Å². The first-order valence-corrected chi connectivity index (χ1v) is 8.12. The molecule has 0 aliphatic carbocycles. The van der Waals surface area contributed by atoms with Gasteiger partial charge in [0, 0.05) is 4.88 Å². The van der Waals surface area contributed by atoms with Gasteiger partial charge in [0.25, 0.3) is 0 Å². The fraction of sp³-hybridized carbons (Fsp3) is 0.389. The van der Waals surface area contributed by atoms with Crippen molar-refractivity contribution in [3.8, 4) is 16.5 Å². The summed E-state index contributed by atoms with van der Waals surface area (Å²) in [6.07, 6.45) is 1.94. The molecule has 0 spiro atoms. The van der Waals surface area contributed by atoms with E-state index in [1.165, 1.54) is 16.9 Å². The Bertz CT molecular complexity index is 667. The molecule has 0 fully saturated rings. The van der Waals surface area contributed by atoms with E-state index in [-0.39, 0.29) is 5.41 Å². The van der Waals surface area contributed by atoms with Gasteiger partial charge in [-0.2, -0.15) is 5.26 Å². The largest absolute Gasteiger partial charge is 0.397 e. The summed E-state index contributed by atoms with van der Waals surface area (Å²) >= 11 is 1.51. The average Bonchev–Trinajstić information content (AvgIpc) is 2.76. The maximum absolute atomic E-state index is 9.20. The van der Waals surface area contributed by atoms with Crippen molar-refractivity contribution in [3.63, 3.8) is 0 Å². The molecular weight excluding hydrogens is 276 g/mol. The van der Waals surface area contributed by atoms with E-state index in [2.05, 4.69) is 58.0 Å². The molecule has 1 aromatic heterocycles. The average molecular weight is 298 g/mol. The van der Waals surface area contributed by atoms with E-state index < -0.39 is 0 Å². The van der Waals surface area contributed by atoms with Crippen molar-refractivity contribution in [2.24, 2.45) is 0 Å². The summed E-state index contributed by atoms with van der Waals surface area (Å²) < 4.78 is 0. The van der Waals surface area contributed by atoms with Gasteiger partial charge in [0.1, 0.15) is 10.9 Å². The predicted octanol–water partition coefficient (Wildman–Crippen LogP) is 5.12. The molecule has 110 valence electrons. The van der Waals surface area contributed by atoms with E-state index in [9.17, 15) is 5.26 Å². The molecule has 0 atom stereocenters. The van der Waals surface area contributed by atoms with Crippen LogP contribution in [0.5, 0.6) is 0 Å². The van der Waals surface area contributed by atoms with Crippen molar-refractivity contribution in [2.45, 2.75) is 46.0 Å². The third-order valence-electron chi connectivity index (χ3n) is 3.66. The van der Waals surface area contributed by atoms with Crippen LogP contribution in [0.4, 0.5) is 5.69 Å². The lowest BCUT2D eigenvalue weighted by atomic mass is 9.86. The molecule has 0 aliphatic heterocycles. The molecule has 2 nitrogen and oxygen atoms in total. The Hall–Kier alpha value is -1.79. The molecule has 2 N–H and O–H groups in total. The standard InChI is InChI=1S/C18H22N2S/c1-5-6-14-16(20)15(11-19)21-17(14)12-7-9-13(10-8-12)18(2,3)4/h7-10H,5-6,20H2,1-4H3. The Morgan fingerprint density at radius 1 is 1.19 bits per heavy atom. The van der Waals surface area contributed by atoms with Gasteiger partial charge in [-0.05, 0) is 28.5 Å². The van der Waals surface area contributed by atoms with Gasteiger partial charge in [0.15, 0.2) is 0 Å². The first-order chi connectivity index (χ1) is 9.88. The van der Waals surface area contributed by atoms with Crippen LogP contribution in [0.15, 0.2) is 24.3 Å². The Labute approximate surface area is 131 Å². The second-order valence-corrected chi connectivity index (χ2v) is 7.36.